The first-order valence-corrected chi connectivity index (χ1v) is 11.6. The minimum atomic E-state index is -1.23. The van der Waals surface area contributed by atoms with Gasteiger partial charge in [-0.25, -0.2) is 9.59 Å². The van der Waals surface area contributed by atoms with Gasteiger partial charge in [-0.15, -0.1) is 0 Å². The highest BCUT2D eigenvalue weighted by Crippen LogP contribution is 2.44. The third-order valence-corrected chi connectivity index (χ3v) is 7.58. The zero-order valence-corrected chi connectivity index (χ0v) is 19.0. The van der Waals surface area contributed by atoms with E-state index in [0.717, 1.165) is 28.7 Å². The van der Waals surface area contributed by atoms with Gasteiger partial charge in [0, 0.05) is 5.92 Å². The second kappa shape index (κ2) is 8.43. The van der Waals surface area contributed by atoms with E-state index in [-0.39, 0.29) is 25.7 Å². The van der Waals surface area contributed by atoms with Gasteiger partial charge in [-0.1, -0.05) is 48.5 Å². The van der Waals surface area contributed by atoms with Crippen molar-refractivity contribution in [2.75, 3.05) is 19.8 Å². The zero-order chi connectivity index (χ0) is 23.9. The van der Waals surface area contributed by atoms with Crippen LogP contribution in [0.5, 0.6) is 0 Å². The summed E-state index contributed by atoms with van der Waals surface area (Å²) in [5, 5.41) is 15.0. The molecule has 0 bridgehead atoms. The second-order valence-electron chi connectivity index (χ2n) is 9.65. The lowest BCUT2D eigenvalue weighted by Gasteiger charge is -2.41. The summed E-state index contributed by atoms with van der Waals surface area (Å²) in [4.78, 5) is 37.5. The first-order chi connectivity index (χ1) is 16.3. The van der Waals surface area contributed by atoms with Crippen molar-refractivity contribution in [1.29, 1.82) is 0 Å². The molecule has 5 rings (SSSR count). The van der Waals surface area contributed by atoms with Gasteiger partial charge in [0.2, 0.25) is 5.91 Å². The van der Waals surface area contributed by atoms with Crippen molar-refractivity contribution >= 4 is 18.0 Å². The highest BCUT2D eigenvalue weighted by molar-refractivity contribution is 5.91. The molecule has 2 atom stereocenters. The summed E-state index contributed by atoms with van der Waals surface area (Å²) < 4.78 is 11.1. The molecule has 3 aliphatic rings. The van der Waals surface area contributed by atoms with Crippen LogP contribution in [0.2, 0.25) is 0 Å². The minimum Gasteiger partial charge on any atom is -0.480 e. The predicted molar refractivity (Wildman–Crippen MR) is 123 cm³/mol. The number of carbonyl (C=O) groups is 3. The fraction of sp³-hybridized carbons (Fsp3) is 0.423. The molecule has 3 N–H and O–H groups in total. The average Bonchev–Trinajstić information content (AvgIpc) is 3.33. The van der Waals surface area contributed by atoms with Crippen LogP contribution in [0.25, 0.3) is 11.1 Å². The highest BCUT2D eigenvalue weighted by Gasteiger charge is 2.53. The molecule has 1 saturated heterocycles. The van der Waals surface area contributed by atoms with Crippen LogP contribution in [0.4, 0.5) is 4.79 Å². The third-order valence-electron chi connectivity index (χ3n) is 7.58. The number of carboxylic acid groups (broad SMARTS) is 1. The van der Waals surface area contributed by atoms with Gasteiger partial charge in [-0.05, 0) is 48.4 Å². The standard InChI is InChI=1S/C26H28N2O6/c1-25(22(29)28-26(23(30)31)11-6-12-26)15-33-14-21(25)27-24(32)34-13-20-18-9-4-2-7-16(18)17-8-3-5-10-19(17)20/h2-5,7-10,20-21H,6,11-15H2,1H3,(H,27,32)(H,28,29)(H,30,31). The zero-order valence-electron chi connectivity index (χ0n) is 19.0. The van der Waals surface area contributed by atoms with Crippen molar-refractivity contribution in [2.24, 2.45) is 5.41 Å². The summed E-state index contributed by atoms with van der Waals surface area (Å²) in [5.41, 5.74) is 2.20. The molecule has 2 fully saturated rings. The van der Waals surface area contributed by atoms with Crippen LogP contribution in [0, 0.1) is 5.41 Å². The summed E-state index contributed by atoms with van der Waals surface area (Å²) in [6.45, 7) is 2.08. The molecular formula is C26H28N2O6. The molecule has 2 amide bonds. The molecular weight excluding hydrogens is 436 g/mol. The van der Waals surface area contributed by atoms with Crippen LogP contribution >= 0.6 is 0 Å². The van der Waals surface area contributed by atoms with E-state index in [2.05, 4.69) is 22.8 Å². The Labute approximate surface area is 197 Å². The van der Waals surface area contributed by atoms with E-state index in [9.17, 15) is 19.5 Å². The predicted octanol–water partition coefficient (Wildman–Crippen LogP) is 3.05. The summed E-state index contributed by atoms with van der Waals surface area (Å²) >= 11 is 0. The summed E-state index contributed by atoms with van der Waals surface area (Å²) in [6, 6.07) is 15.5. The van der Waals surface area contributed by atoms with Crippen molar-refractivity contribution in [1.82, 2.24) is 10.6 Å². The number of hydrogen-bond donors (Lipinski definition) is 3. The number of ether oxygens (including phenoxy) is 2. The highest BCUT2D eigenvalue weighted by atomic mass is 16.5. The molecule has 178 valence electrons. The summed E-state index contributed by atoms with van der Waals surface area (Å²) in [6.07, 6.45) is 0.916. The fourth-order valence-electron chi connectivity index (χ4n) is 5.16. The van der Waals surface area contributed by atoms with E-state index >= 15 is 0 Å². The molecule has 0 aromatic heterocycles. The van der Waals surface area contributed by atoms with Gasteiger partial charge < -0.3 is 25.2 Å². The SMILES string of the molecule is CC1(C(=O)NC2(C(=O)O)CCC2)COCC1NC(=O)OCC1c2ccccc2-c2ccccc21. The third kappa shape index (κ3) is 3.62. The van der Waals surface area contributed by atoms with Crippen molar-refractivity contribution < 1.29 is 29.0 Å². The molecule has 1 heterocycles. The number of benzene rings is 2. The van der Waals surface area contributed by atoms with Gasteiger partial charge in [0.05, 0.1) is 24.7 Å². The number of alkyl carbamates (subject to hydrolysis) is 1. The maximum absolute atomic E-state index is 13.1. The molecule has 0 radical (unpaired) electrons. The Bertz CT molecular complexity index is 1100. The van der Waals surface area contributed by atoms with Gasteiger partial charge >= 0.3 is 12.1 Å². The monoisotopic (exact) mass is 464 g/mol. The number of hydrogen-bond acceptors (Lipinski definition) is 5. The molecule has 2 unspecified atom stereocenters. The lowest BCUT2D eigenvalue weighted by molar-refractivity contribution is -0.154. The lowest BCUT2D eigenvalue weighted by Crippen LogP contribution is -2.64. The number of aliphatic carboxylic acids is 1. The largest absolute Gasteiger partial charge is 0.480 e. The average molecular weight is 465 g/mol. The number of fused-ring (bicyclic) bond motifs is 3. The van der Waals surface area contributed by atoms with Crippen LogP contribution in [0.15, 0.2) is 48.5 Å². The molecule has 0 spiro atoms. The number of carboxylic acids is 1. The van der Waals surface area contributed by atoms with Crippen molar-refractivity contribution in [3.05, 3.63) is 59.7 Å². The van der Waals surface area contributed by atoms with Crippen molar-refractivity contribution in [2.45, 2.75) is 43.7 Å². The molecule has 8 nitrogen and oxygen atoms in total. The Morgan fingerprint density at radius 2 is 1.68 bits per heavy atom. The van der Waals surface area contributed by atoms with Crippen LogP contribution in [-0.4, -0.2) is 54.5 Å². The Morgan fingerprint density at radius 1 is 1.06 bits per heavy atom. The quantitative estimate of drug-likeness (QED) is 0.606. The first-order valence-electron chi connectivity index (χ1n) is 11.6. The lowest BCUT2D eigenvalue weighted by atomic mass is 9.75. The molecule has 8 heteroatoms. The van der Waals surface area contributed by atoms with Crippen LogP contribution in [-0.2, 0) is 19.1 Å². The molecule has 2 aromatic rings. The topological polar surface area (TPSA) is 114 Å². The van der Waals surface area contributed by atoms with Crippen molar-refractivity contribution in [3.8, 4) is 11.1 Å². The Kier molecular flexibility index (Phi) is 5.56. The normalized spacial score (nSPS) is 24.4. The number of nitrogens with one attached hydrogen (secondary N) is 2. The molecule has 1 aliphatic heterocycles. The van der Waals surface area contributed by atoms with E-state index < -0.39 is 35.0 Å². The molecule has 2 aromatic carbocycles. The van der Waals surface area contributed by atoms with E-state index in [4.69, 9.17) is 9.47 Å². The van der Waals surface area contributed by atoms with Crippen LogP contribution in [0.1, 0.15) is 43.2 Å². The first kappa shape index (κ1) is 22.4. The Balaban J connectivity index is 1.24. The maximum Gasteiger partial charge on any atom is 0.407 e. The van der Waals surface area contributed by atoms with E-state index in [1.165, 1.54) is 0 Å². The summed E-state index contributed by atoms with van der Waals surface area (Å²) in [7, 11) is 0. The van der Waals surface area contributed by atoms with Crippen LogP contribution < -0.4 is 10.6 Å². The second-order valence-corrected chi connectivity index (χ2v) is 9.65. The summed E-state index contributed by atoms with van der Waals surface area (Å²) in [5.74, 6) is -1.53. The van der Waals surface area contributed by atoms with E-state index in [0.29, 0.717) is 12.8 Å². The number of rotatable bonds is 6. The minimum absolute atomic E-state index is 0.0679. The van der Waals surface area contributed by atoms with E-state index in [1.807, 2.05) is 36.4 Å². The van der Waals surface area contributed by atoms with E-state index in [1.54, 1.807) is 6.92 Å². The van der Waals surface area contributed by atoms with Gasteiger partial charge in [-0.3, -0.25) is 4.79 Å². The van der Waals surface area contributed by atoms with Gasteiger partial charge in [-0.2, -0.15) is 0 Å². The Hall–Kier alpha value is -3.39. The Morgan fingerprint density at radius 3 is 2.24 bits per heavy atom. The number of amides is 2. The van der Waals surface area contributed by atoms with Gasteiger partial charge in [0.1, 0.15) is 12.1 Å². The fourth-order valence-corrected chi connectivity index (χ4v) is 5.16. The molecule has 34 heavy (non-hydrogen) atoms. The van der Waals surface area contributed by atoms with Gasteiger partial charge in [0.15, 0.2) is 0 Å². The van der Waals surface area contributed by atoms with Crippen LogP contribution in [0.3, 0.4) is 0 Å². The molecule has 1 saturated carbocycles. The number of carbonyl (C=O) groups excluding carboxylic acids is 2. The maximum atomic E-state index is 13.1. The molecule has 2 aliphatic carbocycles. The van der Waals surface area contributed by atoms with Gasteiger partial charge in [0.25, 0.3) is 0 Å². The smallest absolute Gasteiger partial charge is 0.407 e. The van der Waals surface area contributed by atoms with Crippen molar-refractivity contribution in [3.63, 3.8) is 0 Å².